The summed E-state index contributed by atoms with van der Waals surface area (Å²) in [7, 11) is 0. The van der Waals surface area contributed by atoms with E-state index in [1.54, 1.807) is 30.3 Å². The van der Waals surface area contributed by atoms with Crippen molar-refractivity contribution in [2.45, 2.75) is 6.92 Å². The molecule has 0 atom stereocenters. The van der Waals surface area contributed by atoms with E-state index in [2.05, 4.69) is 16.2 Å². The Labute approximate surface area is 155 Å². The van der Waals surface area contributed by atoms with Gasteiger partial charge in [0.15, 0.2) is 11.7 Å². The van der Waals surface area contributed by atoms with Crippen LogP contribution in [0.25, 0.3) is 0 Å². The van der Waals surface area contributed by atoms with Crippen LogP contribution in [0.3, 0.4) is 0 Å². The summed E-state index contributed by atoms with van der Waals surface area (Å²) in [6, 6.07) is 13.9. The molecule has 0 fully saturated rings. The van der Waals surface area contributed by atoms with Gasteiger partial charge in [-0.1, -0.05) is 41.9 Å². The number of nitrogens with one attached hydrogen (secondary N) is 3. The van der Waals surface area contributed by atoms with Gasteiger partial charge in [0.2, 0.25) is 0 Å². The summed E-state index contributed by atoms with van der Waals surface area (Å²) in [6.45, 7) is 1.68. The van der Waals surface area contributed by atoms with E-state index in [-0.39, 0.29) is 17.3 Å². The molecule has 0 heterocycles. The van der Waals surface area contributed by atoms with Crippen LogP contribution in [0.5, 0.6) is 5.75 Å². The van der Waals surface area contributed by atoms with Crippen LogP contribution >= 0.6 is 23.8 Å². The number of rotatable bonds is 4. The lowest BCUT2D eigenvalue weighted by Gasteiger charge is -2.12. The SMILES string of the molecule is Cc1ccccc1OCC(=O)NNC(=S)NC(=O)c1ccccc1Cl. The molecule has 6 nitrogen and oxygen atoms in total. The molecule has 0 aliphatic heterocycles. The van der Waals surface area contributed by atoms with Gasteiger partial charge in [0.1, 0.15) is 5.75 Å². The van der Waals surface area contributed by atoms with Crippen LogP contribution in [-0.2, 0) is 4.79 Å². The Hall–Kier alpha value is -2.64. The zero-order valence-corrected chi connectivity index (χ0v) is 14.9. The van der Waals surface area contributed by atoms with Crippen LogP contribution in [0.2, 0.25) is 5.02 Å². The summed E-state index contributed by atoms with van der Waals surface area (Å²) in [5, 5.41) is 2.66. The Bertz CT molecular complexity index is 798. The van der Waals surface area contributed by atoms with E-state index in [0.29, 0.717) is 10.8 Å². The monoisotopic (exact) mass is 377 g/mol. The van der Waals surface area contributed by atoms with E-state index in [1.807, 2.05) is 25.1 Å². The number of thiocarbonyl (C=S) groups is 1. The minimum atomic E-state index is -0.478. The second-order valence-corrected chi connectivity index (χ2v) is 5.81. The lowest BCUT2D eigenvalue weighted by molar-refractivity contribution is -0.123. The van der Waals surface area contributed by atoms with Crippen LogP contribution in [0, 0.1) is 6.92 Å². The highest BCUT2D eigenvalue weighted by Gasteiger charge is 2.11. The van der Waals surface area contributed by atoms with E-state index in [0.717, 1.165) is 5.56 Å². The first-order valence-electron chi connectivity index (χ1n) is 7.30. The lowest BCUT2D eigenvalue weighted by Crippen LogP contribution is -2.49. The molecular formula is C17H16ClN3O3S. The van der Waals surface area contributed by atoms with Gasteiger partial charge >= 0.3 is 0 Å². The maximum atomic E-state index is 12.0. The molecule has 25 heavy (non-hydrogen) atoms. The minimum absolute atomic E-state index is 0.0610. The molecule has 0 aliphatic rings. The van der Waals surface area contributed by atoms with Crippen LogP contribution in [0.4, 0.5) is 0 Å². The van der Waals surface area contributed by atoms with Gasteiger partial charge in [-0.15, -0.1) is 0 Å². The standard InChI is InChI=1S/C17H16ClN3O3S/c1-11-6-2-5-9-14(11)24-10-15(22)20-21-17(25)19-16(23)12-7-3-4-8-13(12)18/h2-9H,10H2,1H3,(H,20,22)(H2,19,21,23,25). The molecule has 0 saturated carbocycles. The molecular weight excluding hydrogens is 362 g/mol. The third kappa shape index (κ3) is 5.74. The van der Waals surface area contributed by atoms with Crippen molar-refractivity contribution in [3.63, 3.8) is 0 Å². The van der Waals surface area contributed by atoms with E-state index in [1.165, 1.54) is 0 Å². The second-order valence-electron chi connectivity index (χ2n) is 4.99. The van der Waals surface area contributed by atoms with Gasteiger partial charge in [-0.05, 0) is 42.9 Å². The third-order valence-electron chi connectivity index (χ3n) is 3.11. The molecule has 130 valence electrons. The van der Waals surface area contributed by atoms with Crippen LogP contribution in [-0.4, -0.2) is 23.5 Å². The number of para-hydroxylation sites is 1. The van der Waals surface area contributed by atoms with Crippen molar-refractivity contribution in [3.8, 4) is 5.75 Å². The molecule has 0 aromatic heterocycles. The van der Waals surface area contributed by atoms with Gasteiger partial charge in [-0.25, -0.2) is 0 Å². The summed E-state index contributed by atoms with van der Waals surface area (Å²) >= 11 is 10.9. The number of amides is 2. The van der Waals surface area contributed by atoms with Gasteiger partial charge in [0.05, 0.1) is 10.6 Å². The molecule has 0 bridgehead atoms. The minimum Gasteiger partial charge on any atom is -0.483 e. The van der Waals surface area contributed by atoms with Crippen molar-refractivity contribution < 1.29 is 14.3 Å². The van der Waals surface area contributed by atoms with Gasteiger partial charge < -0.3 is 4.74 Å². The van der Waals surface area contributed by atoms with Crippen molar-refractivity contribution in [1.29, 1.82) is 0 Å². The Morgan fingerprint density at radius 2 is 1.76 bits per heavy atom. The fourth-order valence-electron chi connectivity index (χ4n) is 1.87. The molecule has 3 N–H and O–H groups in total. The van der Waals surface area contributed by atoms with E-state index in [4.69, 9.17) is 28.6 Å². The highest BCUT2D eigenvalue weighted by molar-refractivity contribution is 7.80. The summed E-state index contributed by atoms with van der Waals surface area (Å²) < 4.78 is 5.40. The molecule has 0 aliphatic carbocycles. The number of carbonyl (C=O) groups is 2. The number of benzene rings is 2. The molecule has 2 amide bonds. The quantitative estimate of drug-likeness (QED) is 0.563. The first-order valence-corrected chi connectivity index (χ1v) is 8.09. The molecule has 0 spiro atoms. The van der Waals surface area contributed by atoms with Crippen LogP contribution < -0.4 is 20.9 Å². The zero-order valence-electron chi connectivity index (χ0n) is 13.3. The average molecular weight is 378 g/mol. The van der Waals surface area contributed by atoms with Crippen molar-refractivity contribution in [3.05, 3.63) is 64.7 Å². The number of aryl methyl sites for hydroxylation is 1. The van der Waals surface area contributed by atoms with Crippen molar-refractivity contribution >= 4 is 40.7 Å². The zero-order chi connectivity index (χ0) is 18.2. The van der Waals surface area contributed by atoms with Gasteiger partial charge in [0, 0.05) is 0 Å². The molecule has 0 saturated heterocycles. The highest BCUT2D eigenvalue weighted by atomic mass is 35.5. The fourth-order valence-corrected chi connectivity index (χ4v) is 2.24. The van der Waals surface area contributed by atoms with E-state index in [9.17, 15) is 9.59 Å². The van der Waals surface area contributed by atoms with Gasteiger partial charge in [0.25, 0.3) is 11.8 Å². The normalized spacial score (nSPS) is 9.84. The maximum Gasteiger partial charge on any atom is 0.276 e. The Morgan fingerprint density at radius 3 is 2.48 bits per heavy atom. The summed E-state index contributed by atoms with van der Waals surface area (Å²) in [5.74, 6) is -0.307. The van der Waals surface area contributed by atoms with Crippen molar-refractivity contribution in [2.24, 2.45) is 0 Å². The Morgan fingerprint density at radius 1 is 1.08 bits per heavy atom. The number of ether oxygens (including phenoxy) is 1. The molecule has 0 unspecified atom stereocenters. The van der Waals surface area contributed by atoms with Crippen LogP contribution in [0.1, 0.15) is 15.9 Å². The predicted octanol–water partition coefficient (Wildman–Crippen LogP) is 2.36. The fraction of sp³-hybridized carbons (Fsp3) is 0.118. The van der Waals surface area contributed by atoms with Crippen LogP contribution in [0.15, 0.2) is 48.5 Å². The molecule has 2 aromatic carbocycles. The maximum absolute atomic E-state index is 12.0. The second kappa shape index (κ2) is 9.00. The number of carbonyl (C=O) groups excluding carboxylic acids is 2. The van der Waals surface area contributed by atoms with E-state index >= 15 is 0 Å². The largest absolute Gasteiger partial charge is 0.483 e. The summed E-state index contributed by atoms with van der Waals surface area (Å²) in [5.41, 5.74) is 5.97. The lowest BCUT2D eigenvalue weighted by atomic mass is 10.2. The smallest absolute Gasteiger partial charge is 0.276 e. The first kappa shape index (κ1) is 18.7. The van der Waals surface area contributed by atoms with Gasteiger partial charge in [-0.3, -0.25) is 25.8 Å². The predicted molar refractivity (Wildman–Crippen MR) is 99.5 cm³/mol. The van der Waals surface area contributed by atoms with E-state index < -0.39 is 11.8 Å². The topological polar surface area (TPSA) is 79.5 Å². The third-order valence-corrected chi connectivity index (χ3v) is 3.65. The molecule has 2 rings (SSSR count). The summed E-state index contributed by atoms with van der Waals surface area (Å²) in [6.07, 6.45) is 0. The highest BCUT2D eigenvalue weighted by Crippen LogP contribution is 2.16. The molecule has 2 aromatic rings. The summed E-state index contributed by atoms with van der Waals surface area (Å²) in [4.78, 5) is 23.8. The average Bonchev–Trinajstić information content (AvgIpc) is 2.59. The first-order chi connectivity index (χ1) is 12.0. The number of hydrogen-bond acceptors (Lipinski definition) is 4. The van der Waals surface area contributed by atoms with Gasteiger partial charge in [-0.2, -0.15) is 0 Å². The molecule has 0 radical (unpaired) electrons. The molecule has 8 heteroatoms. The Balaban J connectivity index is 1.76. The van der Waals surface area contributed by atoms with Crippen molar-refractivity contribution in [2.75, 3.05) is 6.61 Å². The number of hydrazine groups is 1. The van der Waals surface area contributed by atoms with Crippen molar-refractivity contribution in [1.82, 2.24) is 16.2 Å². The number of halogens is 1. The number of hydrogen-bond donors (Lipinski definition) is 3. The Kier molecular flexibility index (Phi) is 6.73.